The van der Waals surface area contributed by atoms with Crippen molar-refractivity contribution in [3.63, 3.8) is 0 Å². The summed E-state index contributed by atoms with van der Waals surface area (Å²) < 4.78 is 4.70. The van der Waals surface area contributed by atoms with Crippen LogP contribution in [-0.4, -0.2) is 23.7 Å². The summed E-state index contributed by atoms with van der Waals surface area (Å²) >= 11 is 3.50. The molecule has 2 aliphatic carbocycles. The van der Waals surface area contributed by atoms with Gasteiger partial charge in [0, 0.05) is 17.2 Å². The van der Waals surface area contributed by atoms with Crippen LogP contribution in [0.1, 0.15) is 12.8 Å². The summed E-state index contributed by atoms with van der Waals surface area (Å²) in [5.41, 5.74) is 0. The summed E-state index contributed by atoms with van der Waals surface area (Å²) in [5, 5.41) is 0. The summed E-state index contributed by atoms with van der Waals surface area (Å²) in [6.07, 6.45) is 1.34. The Kier molecular flexibility index (Phi) is 2.18. The van der Waals surface area contributed by atoms with Gasteiger partial charge in [-0.15, -0.1) is 0 Å². The normalized spacial score (nSPS) is 42.5. The highest BCUT2D eigenvalue weighted by Crippen LogP contribution is 2.50. The number of ether oxygens (including phenoxy) is 1. The summed E-state index contributed by atoms with van der Waals surface area (Å²) in [6.45, 7) is 0. The molecule has 0 radical (unpaired) electrons. The molecule has 2 bridgehead atoms. The molecule has 0 heterocycles. The molecule has 4 atom stereocenters. The van der Waals surface area contributed by atoms with Crippen molar-refractivity contribution >= 4 is 27.7 Å². The van der Waals surface area contributed by atoms with Crippen molar-refractivity contribution in [1.82, 2.24) is 0 Å². The highest BCUT2D eigenvalue weighted by atomic mass is 79.9. The molecule has 2 rings (SSSR count). The third kappa shape index (κ3) is 1.23. The molecular formula is C9H11BrO3. The van der Waals surface area contributed by atoms with Gasteiger partial charge in [-0.1, -0.05) is 15.9 Å². The Bertz CT molecular complexity index is 264. The largest absolute Gasteiger partial charge is 0.469 e. The van der Waals surface area contributed by atoms with Crippen LogP contribution in [0, 0.1) is 17.8 Å². The number of ketones is 1. The Morgan fingerprint density at radius 2 is 2.31 bits per heavy atom. The summed E-state index contributed by atoms with van der Waals surface area (Å²) in [6, 6.07) is 0. The molecule has 72 valence electrons. The first-order valence-corrected chi connectivity index (χ1v) is 5.31. The monoisotopic (exact) mass is 246 g/mol. The predicted octanol–water partition coefficient (Wildman–Crippen LogP) is 1.15. The molecule has 0 spiro atoms. The molecule has 0 amide bonds. The van der Waals surface area contributed by atoms with Crippen molar-refractivity contribution in [2.24, 2.45) is 17.8 Å². The summed E-state index contributed by atoms with van der Waals surface area (Å²) in [7, 11) is 1.38. The number of methoxy groups -OCH3 is 1. The standard InChI is InChI=1S/C9H11BrO3/c1-13-9(12)8-4-3-7(11)5(8)2-6(4)10/h4-6,8H,2-3H2,1H3/t4-,5+,6-,8+/m1/s1. The Balaban J connectivity index is 2.22. The van der Waals surface area contributed by atoms with Crippen LogP contribution in [0.4, 0.5) is 0 Å². The number of carbonyl (C=O) groups is 2. The minimum atomic E-state index is -0.220. The first-order chi connectivity index (χ1) is 6.15. The number of fused-ring (bicyclic) bond motifs is 2. The first kappa shape index (κ1) is 9.19. The Labute approximate surface area is 85.0 Å². The molecule has 0 aromatic heterocycles. The molecule has 0 unspecified atom stereocenters. The van der Waals surface area contributed by atoms with Crippen molar-refractivity contribution in [3.05, 3.63) is 0 Å². The third-order valence-corrected chi connectivity index (χ3v) is 4.22. The van der Waals surface area contributed by atoms with Crippen LogP contribution in [0.3, 0.4) is 0 Å². The van der Waals surface area contributed by atoms with Crippen LogP contribution in [0.25, 0.3) is 0 Å². The maximum absolute atomic E-state index is 11.4. The van der Waals surface area contributed by atoms with Gasteiger partial charge in [-0.05, 0) is 12.3 Å². The molecule has 2 fully saturated rings. The number of halogens is 1. The molecule has 0 saturated heterocycles. The lowest BCUT2D eigenvalue weighted by Gasteiger charge is -2.13. The van der Waals surface area contributed by atoms with Gasteiger partial charge in [0.2, 0.25) is 0 Å². The number of alkyl halides is 1. The van der Waals surface area contributed by atoms with E-state index < -0.39 is 0 Å². The van der Waals surface area contributed by atoms with E-state index in [1.165, 1.54) is 7.11 Å². The predicted molar refractivity (Wildman–Crippen MR) is 49.4 cm³/mol. The Morgan fingerprint density at radius 3 is 2.77 bits per heavy atom. The van der Waals surface area contributed by atoms with E-state index in [0.29, 0.717) is 11.2 Å². The second-order valence-electron chi connectivity index (χ2n) is 3.74. The number of carbonyl (C=O) groups excluding carboxylic acids is 2. The Morgan fingerprint density at radius 1 is 1.62 bits per heavy atom. The molecule has 0 aliphatic heterocycles. The first-order valence-electron chi connectivity index (χ1n) is 4.39. The highest BCUT2D eigenvalue weighted by Gasteiger charge is 2.55. The van der Waals surface area contributed by atoms with Crippen molar-refractivity contribution in [3.8, 4) is 0 Å². The van der Waals surface area contributed by atoms with E-state index in [-0.39, 0.29) is 29.5 Å². The fourth-order valence-corrected chi connectivity index (χ4v) is 3.45. The number of Topliss-reactive ketones (excluding diaryl/α,β-unsaturated/α-hetero) is 1. The maximum Gasteiger partial charge on any atom is 0.309 e. The maximum atomic E-state index is 11.4. The lowest BCUT2D eigenvalue weighted by Crippen LogP contribution is -2.22. The highest BCUT2D eigenvalue weighted by molar-refractivity contribution is 9.09. The van der Waals surface area contributed by atoms with Gasteiger partial charge in [-0.3, -0.25) is 9.59 Å². The smallest absolute Gasteiger partial charge is 0.309 e. The second-order valence-corrected chi connectivity index (χ2v) is 4.92. The average Bonchev–Trinajstić information content (AvgIpc) is 2.57. The van der Waals surface area contributed by atoms with Crippen molar-refractivity contribution in [2.45, 2.75) is 17.7 Å². The minimum Gasteiger partial charge on any atom is -0.469 e. The van der Waals surface area contributed by atoms with E-state index in [1.54, 1.807) is 0 Å². The molecule has 0 aromatic rings. The van der Waals surface area contributed by atoms with E-state index in [1.807, 2.05) is 0 Å². The molecule has 2 saturated carbocycles. The zero-order valence-corrected chi connectivity index (χ0v) is 8.91. The van der Waals surface area contributed by atoms with E-state index in [9.17, 15) is 9.59 Å². The van der Waals surface area contributed by atoms with Crippen LogP contribution in [-0.2, 0) is 14.3 Å². The molecular weight excluding hydrogens is 236 g/mol. The number of esters is 1. The van der Waals surface area contributed by atoms with Gasteiger partial charge in [0.15, 0.2) is 0 Å². The van der Waals surface area contributed by atoms with E-state index in [4.69, 9.17) is 4.74 Å². The van der Waals surface area contributed by atoms with Crippen molar-refractivity contribution < 1.29 is 14.3 Å². The molecule has 0 N–H and O–H groups in total. The van der Waals surface area contributed by atoms with Gasteiger partial charge < -0.3 is 4.74 Å². The fraction of sp³-hybridized carbons (Fsp3) is 0.778. The Hall–Kier alpha value is -0.380. The van der Waals surface area contributed by atoms with Gasteiger partial charge in [0.1, 0.15) is 5.78 Å². The topological polar surface area (TPSA) is 43.4 Å². The molecule has 0 aromatic carbocycles. The fourth-order valence-electron chi connectivity index (χ4n) is 2.53. The van der Waals surface area contributed by atoms with Gasteiger partial charge in [0.25, 0.3) is 0 Å². The van der Waals surface area contributed by atoms with Crippen LogP contribution >= 0.6 is 15.9 Å². The van der Waals surface area contributed by atoms with Crippen LogP contribution in [0.15, 0.2) is 0 Å². The van der Waals surface area contributed by atoms with Crippen LogP contribution in [0.2, 0.25) is 0 Å². The van der Waals surface area contributed by atoms with E-state index in [0.717, 1.165) is 6.42 Å². The lowest BCUT2D eigenvalue weighted by molar-refractivity contribution is -0.147. The van der Waals surface area contributed by atoms with E-state index >= 15 is 0 Å². The average molecular weight is 247 g/mol. The minimum absolute atomic E-state index is 0.0816. The van der Waals surface area contributed by atoms with Gasteiger partial charge in [-0.25, -0.2) is 0 Å². The van der Waals surface area contributed by atoms with Gasteiger partial charge in [-0.2, -0.15) is 0 Å². The van der Waals surface area contributed by atoms with E-state index in [2.05, 4.69) is 15.9 Å². The zero-order valence-electron chi connectivity index (χ0n) is 7.33. The van der Waals surface area contributed by atoms with Gasteiger partial charge >= 0.3 is 5.97 Å². The molecule has 3 nitrogen and oxygen atoms in total. The van der Waals surface area contributed by atoms with Crippen molar-refractivity contribution in [2.75, 3.05) is 7.11 Å². The molecule has 13 heavy (non-hydrogen) atoms. The van der Waals surface area contributed by atoms with Crippen LogP contribution in [0.5, 0.6) is 0 Å². The second kappa shape index (κ2) is 3.08. The number of rotatable bonds is 1. The molecule has 4 heteroatoms. The van der Waals surface area contributed by atoms with Crippen molar-refractivity contribution in [1.29, 1.82) is 0 Å². The SMILES string of the molecule is COC(=O)[C@H]1[C@@H]2CC(=O)[C@@H]1C[C@H]2Br. The summed E-state index contributed by atoms with van der Waals surface area (Å²) in [4.78, 5) is 23.1. The van der Waals surface area contributed by atoms with Crippen LogP contribution < -0.4 is 0 Å². The number of hydrogen-bond donors (Lipinski definition) is 0. The summed E-state index contributed by atoms with van der Waals surface area (Å²) in [5.74, 6) is -0.0763. The molecule has 2 aliphatic rings. The zero-order chi connectivity index (χ0) is 9.59. The number of hydrogen-bond acceptors (Lipinski definition) is 3. The lowest BCUT2D eigenvalue weighted by atomic mass is 9.98. The quantitative estimate of drug-likeness (QED) is 0.515. The third-order valence-electron chi connectivity index (χ3n) is 3.16. The van der Waals surface area contributed by atoms with Gasteiger partial charge in [0.05, 0.1) is 13.0 Å².